The van der Waals surface area contributed by atoms with Gasteiger partial charge in [0.1, 0.15) is 5.76 Å². The van der Waals surface area contributed by atoms with E-state index in [1.54, 1.807) is 44.2 Å². The number of carbonyl (C=O) groups is 3. The summed E-state index contributed by atoms with van der Waals surface area (Å²) >= 11 is 1.35. The van der Waals surface area contributed by atoms with Crippen molar-refractivity contribution in [3.8, 4) is 0 Å². The van der Waals surface area contributed by atoms with Gasteiger partial charge in [-0.25, -0.2) is 4.79 Å². The highest BCUT2D eigenvalue weighted by Gasteiger charge is 2.16. The summed E-state index contributed by atoms with van der Waals surface area (Å²) < 4.78 is 4.90. The average molecular weight is 389 g/mol. The minimum atomic E-state index is -1.15. The Hall–Kier alpha value is -3.07. The molecule has 8 nitrogen and oxygen atoms in total. The molecule has 27 heavy (non-hydrogen) atoms. The normalized spacial score (nSPS) is 12.3. The van der Waals surface area contributed by atoms with E-state index in [0.717, 1.165) is 11.0 Å². The number of carboxylic acid groups (broad SMARTS) is 1. The van der Waals surface area contributed by atoms with Gasteiger partial charge in [-0.1, -0.05) is 5.16 Å². The molecular formula is C18H19N3O5S. The van der Waals surface area contributed by atoms with Crippen molar-refractivity contribution in [2.45, 2.75) is 30.9 Å². The van der Waals surface area contributed by atoms with Crippen LogP contribution in [-0.2, 0) is 14.4 Å². The topological polar surface area (TPSA) is 122 Å². The maximum absolute atomic E-state index is 12.2. The van der Waals surface area contributed by atoms with E-state index in [2.05, 4.69) is 15.8 Å². The zero-order chi connectivity index (χ0) is 20.0. The first-order valence-electron chi connectivity index (χ1n) is 7.98. The average Bonchev–Trinajstić information content (AvgIpc) is 3.01. The lowest BCUT2D eigenvalue weighted by molar-refractivity contribution is -0.132. The van der Waals surface area contributed by atoms with Crippen LogP contribution in [0.5, 0.6) is 0 Å². The number of hydrogen-bond acceptors (Lipinski definition) is 6. The van der Waals surface area contributed by atoms with E-state index in [9.17, 15) is 14.4 Å². The van der Waals surface area contributed by atoms with E-state index in [-0.39, 0.29) is 16.7 Å². The highest BCUT2D eigenvalue weighted by Crippen LogP contribution is 2.25. The molecule has 1 heterocycles. The fourth-order valence-electron chi connectivity index (χ4n) is 1.96. The molecule has 0 spiro atoms. The molecule has 1 aromatic heterocycles. The van der Waals surface area contributed by atoms with E-state index < -0.39 is 11.9 Å². The Bertz CT molecular complexity index is 873. The number of aryl methyl sites for hydroxylation is 1. The maximum Gasteiger partial charge on any atom is 0.331 e. The van der Waals surface area contributed by atoms with Gasteiger partial charge in [0.25, 0.3) is 0 Å². The number of rotatable bonds is 7. The summed E-state index contributed by atoms with van der Waals surface area (Å²) in [7, 11) is 0. The third-order valence-corrected chi connectivity index (χ3v) is 4.48. The number of nitrogens with one attached hydrogen (secondary N) is 2. The molecule has 2 aromatic rings. The third kappa shape index (κ3) is 6.30. The van der Waals surface area contributed by atoms with Crippen molar-refractivity contribution in [3.63, 3.8) is 0 Å². The molecule has 0 saturated heterocycles. The number of amides is 2. The first kappa shape index (κ1) is 20.2. The highest BCUT2D eigenvalue weighted by molar-refractivity contribution is 8.00. The molecule has 3 N–H and O–H groups in total. The highest BCUT2D eigenvalue weighted by atomic mass is 32.2. The van der Waals surface area contributed by atoms with Crippen molar-refractivity contribution >= 4 is 41.1 Å². The predicted molar refractivity (Wildman–Crippen MR) is 102 cm³/mol. The van der Waals surface area contributed by atoms with Crippen LogP contribution in [0.3, 0.4) is 0 Å². The lowest BCUT2D eigenvalue weighted by atomic mass is 10.2. The van der Waals surface area contributed by atoms with Gasteiger partial charge in [0.05, 0.1) is 5.25 Å². The van der Waals surface area contributed by atoms with Crippen molar-refractivity contribution in [3.05, 3.63) is 47.7 Å². The smallest absolute Gasteiger partial charge is 0.331 e. The summed E-state index contributed by atoms with van der Waals surface area (Å²) in [6.07, 6.45) is 1.02. The largest absolute Gasteiger partial charge is 0.478 e. The number of aromatic nitrogens is 1. The van der Waals surface area contributed by atoms with Crippen LogP contribution in [0.2, 0.25) is 0 Å². The molecule has 2 rings (SSSR count). The van der Waals surface area contributed by atoms with Crippen LogP contribution in [0.15, 0.2) is 51.4 Å². The summed E-state index contributed by atoms with van der Waals surface area (Å²) in [6.45, 7) is 4.84. The van der Waals surface area contributed by atoms with Crippen molar-refractivity contribution < 1.29 is 24.0 Å². The van der Waals surface area contributed by atoms with Gasteiger partial charge in [-0.3, -0.25) is 9.59 Å². The molecule has 1 aromatic carbocycles. The van der Waals surface area contributed by atoms with Gasteiger partial charge in [0, 0.05) is 28.3 Å². The molecule has 142 valence electrons. The van der Waals surface area contributed by atoms with E-state index in [4.69, 9.17) is 9.63 Å². The Morgan fingerprint density at radius 2 is 1.89 bits per heavy atom. The van der Waals surface area contributed by atoms with Crippen molar-refractivity contribution in [2.75, 3.05) is 10.6 Å². The summed E-state index contributed by atoms with van der Waals surface area (Å²) in [4.78, 5) is 35.5. The number of hydrogen-bond donors (Lipinski definition) is 3. The number of anilines is 2. The van der Waals surface area contributed by atoms with Crippen LogP contribution in [0.25, 0.3) is 0 Å². The Kier molecular flexibility index (Phi) is 6.78. The molecule has 0 saturated carbocycles. The van der Waals surface area contributed by atoms with E-state index in [0.29, 0.717) is 17.3 Å². The van der Waals surface area contributed by atoms with Gasteiger partial charge >= 0.3 is 5.97 Å². The Morgan fingerprint density at radius 3 is 2.44 bits per heavy atom. The van der Waals surface area contributed by atoms with E-state index in [1.807, 2.05) is 0 Å². The molecule has 0 aliphatic carbocycles. The monoisotopic (exact) mass is 389 g/mol. The molecule has 0 fully saturated rings. The van der Waals surface area contributed by atoms with Crippen molar-refractivity contribution in [2.24, 2.45) is 0 Å². The zero-order valence-corrected chi connectivity index (χ0v) is 15.8. The Morgan fingerprint density at radius 1 is 1.22 bits per heavy atom. The van der Waals surface area contributed by atoms with Gasteiger partial charge in [-0.05, 0) is 45.0 Å². The first-order chi connectivity index (χ1) is 12.7. The minimum Gasteiger partial charge on any atom is -0.478 e. The number of nitrogens with zero attached hydrogens (tertiary/aromatic N) is 1. The van der Waals surface area contributed by atoms with Gasteiger partial charge < -0.3 is 20.3 Å². The SMILES string of the molecule is C/C(=C/C(=O)Nc1ccc(SC(C)C(=O)Nc2cc(C)on2)cc1)C(=O)O. The van der Waals surface area contributed by atoms with Crippen LogP contribution in [-0.4, -0.2) is 33.3 Å². The van der Waals surface area contributed by atoms with Gasteiger partial charge in [0.2, 0.25) is 11.8 Å². The lowest BCUT2D eigenvalue weighted by Gasteiger charge is -2.11. The molecule has 2 amide bonds. The number of carboxylic acids is 1. The second kappa shape index (κ2) is 9.04. The zero-order valence-electron chi connectivity index (χ0n) is 15.0. The second-order valence-electron chi connectivity index (χ2n) is 5.72. The van der Waals surface area contributed by atoms with E-state index in [1.165, 1.54) is 18.7 Å². The molecule has 9 heteroatoms. The number of benzene rings is 1. The number of thioether (sulfide) groups is 1. The predicted octanol–water partition coefficient (Wildman–Crippen LogP) is 3.07. The summed E-state index contributed by atoms with van der Waals surface area (Å²) in [5.41, 5.74) is 0.468. The van der Waals surface area contributed by atoms with Crippen LogP contribution >= 0.6 is 11.8 Å². The minimum absolute atomic E-state index is 0.0539. The van der Waals surface area contributed by atoms with Crippen LogP contribution < -0.4 is 10.6 Å². The summed E-state index contributed by atoms with van der Waals surface area (Å²) in [6, 6.07) is 8.51. The maximum atomic E-state index is 12.2. The molecule has 1 atom stereocenters. The summed E-state index contributed by atoms with van der Waals surface area (Å²) in [5, 5.41) is 17.4. The second-order valence-corrected chi connectivity index (χ2v) is 7.13. The number of aliphatic carboxylic acids is 1. The fraction of sp³-hybridized carbons (Fsp3) is 0.222. The van der Waals surface area contributed by atoms with Crippen molar-refractivity contribution in [1.29, 1.82) is 0 Å². The Labute approximate surface area is 160 Å². The van der Waals surface area contributed by atoms with Crippen LogP contribution in [0.1, 0.15) is 19.6 Å². The molecule has 0 aliphatic rings. The van der Waals surface area contributed by atoms with E-state index >= 15 is 0 Å². The van der Waals surface area contributed by atoms with Crippen LogP contribution in [0, 0.1) is 6.92 Å². The molecule has 0 radical (unpaired) electrons. The number of carbonyl (C=O) groups excluding carboxylic acids is 2. The Balaban J connectivity index is 1.90. The fourth-order valence-corrected chi connectivity index (χ4v) is 2.83. The summed E-state index contributed by atoms with van der Waals surface area (Å²) in [5.74, 6) is -0.903. The first-order valence-corrected chi connectivity index (χ1v) is 8.86. The van der Waals surface area contributed by atoms with Gasteiger partial charge in [-0.2, -0.15) is 0 Å². The standard InChI is InChI=1S/C18H19N3O5S/c1-10(18(24)25)8-16(22)19-13-4-6-14(7-5-13)27-12(3)17(23)20-15-9-11(2)26-21-15/h4-9,12H,1-3H3,(H,19,22)(H,24,25)(H,20,21,23)/b10-8-. The third-order valence-electron chi connectivity index (χ3n) is 3.37. The molecule has 0 aliphatic heterocycles. The van der Waals surface area contributed by atoms with Gasteiger partial charge in [0.15, 0.2) is 5.82 Å². The van der Waals surface area contributed by atoms with Crippen molar-refractivity contribution in [1.82, 2.24) is 5.16 Å². The molecular weight excluding hydrogens is 370 g/mol. The van der Waals surface area contributed by atoms with Crippen LogP contribution in [0.4, 0.5) is 11.5 Å². The van der Waals surface area contributed by atoms with Gasteiger partial charge in [-0.15, -0.1) is 11.8 Å². The lowest BCUT2D eigenvalue weighted by Crippen LogP contribution is -2.22. The molecule has 0 bridgehead atoms. The molecule has 1 unspecified atom stereocenters. The quantitative estimate of drug-likeness (QED) is 0.491.